The maximum absolute atomic E-state index is 13.6. The molecule has 2 amide bonds. The van der Waals surface area contributed by atoms with E-state index < -0.39 is 6.04 Å². The molecule has 0 bridgehead atoms. The van der Waals surface area contributed by atoms with Crippen LogP contribution in [0.2, 0.25) is 0 Å². The van der Waals surface area contributed by atoms with Crippen molar-refractivity contribution in [1.29, 1.82) is 0 Å². The van der Waals surface area contributed by atoms with Crippen molar-refractivity contribution in [2.45, 2.75) is 46.7 Å². The molecule has 0 heterocycles. The third kappa shape index (κ3) is 6.70. The van der Waals surface area contributed by atoms with Crippen molar-refractivity contribution >= 4 is 11.8 Å². The molecule has 1 unspecified atom stereocenters. The quantitative estimate of drug-likeness (QED) is 0.476. The van der Waals surface area contributed by atoms with Crippen molar-refractivity contribution in [3.63, 3.8) is 0 Å². The standard InChI is InChI=1S/C29H34N2O3/c1-5-30-29(33)26(18-24-12-7-6-8-13-24)31(19-25-14-10-9-11-22(25)3)28(32)20-34-27-16-15-21(2)17-23(27)4/h6-17,26H,5,18-20H2,1-4H3,(H,30,33). The summed E-state index contributed by atoms with van der Waals surface area (Å²) < 4.78 is 5.92. The van der Waals surface area contributed by atoms with Crippen molar-refractivity contribution in [3.05, 3.63) is 101 Å². The number of ether oxygens (including phenoxy) is 1. The van der Waals surface area contributed by atoms with Crippen LogP contribution in [-0.2, 0) is 22.6 Å². The van der Waals surface area contributed by atoms with Gasteiger partial charge in [0, 0.05) is 19.5 Å². The van der Waals surface area contributed by atoms with E-state index in [1.165, 1.54) is 0 Å². The minimum absolute atomic E-state index is 0.138. The Balaban J connectivity index is 1.91. The summed E-state index contributed by atoms with van der Waals surface area (Å²) in [5, 5.41) is 2.92. The van der Waals surface area contributed by atoms with Gasteiger partial charge in [0.25, 0.3) is 5.91 Å². The van der Waals surface area contributed by atoms with E-state index in [1.54, 1.807) is 4.90 Å². The molecular weight excluding hydrogens is 424 g/mol. The lowest BCUT2D eigenvalue weighted by molar-refractivity contribution is -0.142. The molecule has 1 atom stereocenters. The van der Waals surface area contributed by atoms with Crippen LogP contribution in [0.15, 0.2) is 72.8 Å². The molecule has 0 fully saturated rings. The molecule has 5 heteroatoms. The van der Waals surface area contributed by atoms with E-state index in [0.717, 1.165) is 27.8 Å². The first kappa shape index (κ1) is 25.0. The van der Waals surface area contributed by atoms with Gasteiger partial charge in [0.1, 0.15) is 11.8 Å². The number of benzene rings is 3. The van der Waals surface area contributed by atoms with Gasteiger partial charge in [-0.2, -0.15) is 0 Å². The topological polar surface area (TPSA) is 58.6 Å². The highest BCUT2D eigenvalue weighted by atomic mass is 16.5. The van der Waals surface area contributed by atoms with Gasteiger partial charge in [-0.25, -0.2) is 0 Å². The van der Waals surface area contributed by atoms with Crippen LogP contribution in [0.5, 0.6) is 5.75 Å². The van der Waals surface area contributed by atoms with Crippen LogP contribution >= 0.6 is 0 Å². The minimum Gasteiger partial charge on any atom is -0.483 e. The zero-order chi connectivity index (χ0) is 24.5. The van der Waals surface area contributed by atoms with Crippen molar-refractivity contribution in [2.75, 3.05) is 13.2 Å². The van der Waals surface area contributed by atoms with Crippen LogP contribution in [0.1, 0.15) is 34.7 Å². The average molecular weight is 459 g/mol. The molecule has 3 aromatic carbocycles. The van der Waals surface area contributed by atoms with E-state index in [1.807, 2.05) is 100 Å². The zero-order valence-corrected chi connectivity index (χ0v) is 20.5. The molecule has 0 spiro atoms. The Kier molecular flexibility index (Phi) is 8.86. The summed E-state index contributed by atoms with van der Waals surface area (Å²) in [6, 6.07) is 23.0. The van der Waals surface area contributed by atoms with E-state index in [-0.39, 0.29) is 18.4 Å². The van der Waals surface area contributed by atoms with Crippen LogP contribution in [-0.4, -0.2) is 35.9 Å². The van der Waals surface area contributed by atoms with Crippen LogP contribution in [0.3, 0.4) is 0 Å². The second kappa shape index (κ2) is 12.0. The molecule has 0 saturated heterocycles. The molecule has 0 aliphatic rings. The number of likely N-dealkylation sites (N-methyl/N-ethyl adjacent to an activating group) is 1. The first-order valence-corrected chi connectivity index (χ1v) is 11.7. The number of nitrogens with one attached hydrogen (secondary N) is 1. The fourth-order valence-electron chi connectivity index (χ4n) is 4.00. The molecule has 178 valence electrons. The van der Waals surface area contributed by atoms with Gasteiger partial charge in [-0.05, 0) is 56.0 Å². The summed E-state index contributed by atoms with van der Waals surface area (Å²) in [6.07, 6.45) is 0.424. The summed E-state index contributed by atoms with van der Waals surface area (Å²) in [7, 11) is 0. The lowest BCUT2D eigenvalue weighted by Gasteiger charge is -2.32. The second-order valence-electron chi connectivity index (χ2n) is 8.61. The van der Waals surface area contributed by atoms with Crippen LogP contribution < -0.4 is 10.1 Å². The molecule has 0 saturated carbocycles. The molecule has 5 nitrogen and oxygen atoms in total. The van der Waals surface area contributed by atoms with Gasteiger partial charge in [-0.15, -0.1) is 0 Å². The van der Waals surface area contributed by atoms with Gasteiger partial charge >= 0.3 is 0 Å². The third-order valence-electron chi connectivity index (χ3n) is 5.91. The van der Waals surface area contributed by atoms with Crippen molar-refractivity contribution in [1.82, 2.24) is 10.2 Å². The largest absolute Gasteiger partial charge is 0.483 e. The number of nitrogens with zero attached hydrogens (tertiary/aromatic N) is 1. The van der Waals surface area contributed by atoms with E-state index in [4.69, 9.17) is 4.74 Å². The highest BCUT2D eigenvalue weighted by Gasteiger charge is 2.30. The summed E-state index contributed by atoms with van der Waals surface area (Å²) >= 11 is 0. The molecule has 34 heavy (non-hydrogen) atoms. The van der Waals surface area contributed by atoms with Crippen molar-refractivity contribution in [2.24, 2.45) is 0 Å². The average Bonchev–Trinajstić information content (AvgIpc) is 2.82. The van der Waals surface area contributed by atoms with Gasteiger partial charge in [0.05, 0.1) is 0 Å². The van der Waals surface area contributed by atoms with Crippen molar-refractivity contribution < 1.29 is 14.3 Å². The molecule has 0 aliphatic heterocycles. The van der Waals surface area contributed by atoms with Gasteiger partial charge in [0.15, 0.2) is 6.61 Å². The summed E-state index contributed by atoms with van der Waals surface area (Å²) in [4.78, 5) is 28.4. The number of aryl methyl sites for hydroxylation is 3. The van der Waals surface area contributed by atoms with E-state index in [9.17, 15) is 9.59 Å². The number of rotatable bonds is 10. The minimum atomic E-state index is -0.655. The van der Waals surface area contributed by atoms with E-state index in [2.05, 4.69) is 5.32 Å². The van der Waals surface area contributed by atoms with Crippen LogP contribution in [0.25, 0.3) is 0 Å². The first-order valence-electron chi connectivity index (χ1n) is 11.7. The lowest BCUT2D eigenvalue weighted by atomic mass is 10.0. The van der Waals surface area contributed by atoms with E-state index >= 15 is 0 Å². The maximum Gasteiger partial charge on any atom is 0.261 e. The highest BCUT2D eigenvalue weighted by molar-refractivity contribution is 5.88. The van der Waals surface area contributed by atoms with Crippen molar-refractivity contribution in [3.8, 4) is 5.75 Å². The van der Waals surface area contributed by atoms with Gasteiger partial charge < -0.3 is 15.0 Å². The molecule has 1 N–H and O–H groups in total. The molecular formula is C29H34N2O3. The Bertz CT molecular complexity index is 1110. The molecule has 3 rings (SSSR count). The fraction of sp³-hybridized carbons (Fsp3) is 0.310. The van der Waals surface area contributed by atoms with Gasteiger partial charge in [-0.1, -0.05) is 72.3 Å². The Labute approximate surface area is 202 Å². The number of carbonyl (C=O) groups excluding carboxylic acids is 2. The Hall–Kier alpha value is -3.60. The Morgan fingerprint density at radius 2 is 1.62 bits per heavy atom. The Morgan fingerprint density at radius 3 is 2.29 bits per heavy atom. The SMILES string of the molecule is CCNC(=O)C(Cc1ccccc1)N(Cc1ccccc1C)C(=O)COc1ccc(C)cc1C. The normalized spacial score (nSPS) is 11.5. The number of hydrogen-bond acceptors (Lipinski definition) is 3. The summed E-state index contributed by atoms with van der Waals surface area (Å²) in [6.45, 7) is 8.57. The second-order valence-corrected chi connectivity index (χ2v) is 8.61. The maximum atomic E-state index is 13.6. The number of hydrogen-bond donors (Lipinski definition) is 1. The summed E-state index contributed by atoms with van der Waals surface area (Å²) in [5.74, 6) is 0.280. The monoisotopic (exact) mass is 458 g/mol. The first-order chi connectivity index (χ1) is 16.4. The molecule has 0 aromatic heterocycles. The molecule has 3 aromatic rings. The number of carbonyl (C=O) groups is 2. The zero-order valence-electron chi connectivity index (χ0n) is 20.5. The molecule has 0 radical (unpaired) electrons. The smallest absolute Gasteiger partial charge is 0.261 e. The predicted molar refractivity (Wildman–Crippen MR) is 136 cm³/mol. The van der Waals surface area contributed by atoms with Gasteiger partial charge in [0.2, 0.25) is 5.91 Å². The third-order valence-corrected chi connectivity index (χ3v) is 5.91. The fourth-order valence-corrected chi connectivity index (χ4v) is 4.00. The lowest BCUT2D eigenvalue weighted by Crippen LogP contribution is -2.51. The van der Waals surface area contributed by atoms with Gasteiger partial charge in [-0.3, -0.25) is 9.59 Å². The highest BCUT2D eigenvalue weighted by Crippen LogP contribution is 2.20. The molecule has 0 aliphatic carbocycles. The van der Waals surface area contributed by atoms with Crippen LogP contribution in [0.4, 0.5) is 0 Å². The number of amides is 2. The Morgan fingerprint density at radius 1 is 0.912 bits per heavy atom. The van der Waals surface area contributed by atoms with Crippen LogP contribution in [0, 0.1) is 20.8 Å². The summed E-state index contributed by atoms with van der Waals surface area (Å²) in [5.41, 5.74) is 5.19. The van der Waals surface area contributed by atoms with E-state index in [0.29, 0.717) is 25.3 Å². The predicted octanol–water partition coefficient (Wildman–Crippen LogP) is 4.77.